The quantitative estimate of drug-likeness (QED) is 0.607. The number of carbonyl (C=O) groups excluding carboxylic acids is 1. The van der Waals surface area contributed by atoms with Crippen LogP contribution >= 0.6 is 0 Å². The summed E-state index contributed by atoms with van der Waals surface area (Å²) in [7, 11) is 0. The molecule has 1 fully saturated rings. The van der Waals surface area contributed by atoms with Crippen LogP contribution in [0.1, 0.15) is 51.4 Å². The zero-order chi connectivity index (χ0) is 10.1. The fourth-order valence-corrected chi connectivity index (χ4v) is 1.76. The highest BCUT2D eigenvalue weighted by atomic mass is 16.7. The standard InChI is InChI=1S/C11H21NO2/c13-11-12-9-7-5-3-1-2-4-6-8-10-14-12/h11H,1-10H2. The van der Waals surface area contributed by atoms with E-state index in [2.05, 4.69) is 0 Å². The van der Waals surface area contributed by atoms with Gasteiger partial charge in [0, 0.05) is 6.54 Å². The zero-order valence-corrected chi connectivity index (χ0v) is 8.91. The van der Waals surface area contributed by atoms with Crippen molar-refractivity contribution < 1.29 is 9.63 Å². The fraction of sp³-hybridized carbons (Fsp3) is 0.909. The summed E-state index contributed by atoms with van der Waals surface area (Å²) in [5.74, 6) is 0. The summed E-state index contributed by atoms with van der Waals surface area (Å²) in [4.78, 5) is 15.9. The van der Waals surface area contributed by atoms with Crippen LogP contribution in [-0.2, 0) is 9.63 Å². The molecule has 0 aromatic rings. The number of hydrogen-bond donors (Lipinski definition) is 0. The van der Waals surface area contributed by atoms with Gasteiger partial charge in [0.25, 0.3) is 0 Å². The minimum atomic E-state index is 0.693. The Labute approximate surface area is 86.4 Å². The predicted octanol–water partition coefficient (Wildman–Crippen LogP) is 2.51. The van der Waals surface area contributed by atoms with Crippen molar-refractivity contribution in [3.8, 4) is 0 Å². The highest BCUT2D eigenvalue weighted by Gasteiger charge is 2.03. The summed E-state index contributed by atoms with van der Waals surface area (Å²) in [5, 5.41) is 1.45. The van der Waals surface area contributed by atoms with E-state index in [4.69, 9.17) is 4.84 Å². The molecule has 3 nitrogen and oxygen atoms in total. The molecule has 0 spiro atoms. The molecule has 1 aliphatic rings. The number of hydroxylamine groups is 2. The van der Waals surface area contributed by atoms with Crippen molar-refractivity contribution in [3.05, 3.63) is 0 Å². The Morgan fingerprint density at radius 1 is 0.857 bits per heavy atom. The first-order chi connectivity index (χ1) is 6.93. The molecule has 0 saturated carbocycles. The van der Waals surface area contributed by atoms with Gasteiger partial charge in [0.1, 0.15) is 0 Å². The predicted molar refractivity (Wildman–Crippen MR) is 55.7 cm³/mol. The summed E-state index contributed by atoms with van der Waals surface area (Å²) in [6.07, 6.45) is 10.7. The van der Waals surface area contributed by atoms with Gasteiger partial charge in [-0.25, -0.2) is 5.06 Å². The van der Waals surface area contributed by atoms with Crippen molar-refractivity contribution >= 4 is 6.41 Å². The van der Waals surface area contributed by atoms with Crippen LogP contribution in [0.25, 0.3) is 0 Å². The van der Waals surface area contributed by atoms with Gasteiger partial charge in [-0.3, -0.25) is 9.63 Å². The third kappa shape index (κ3) is 5.22. The van der Waals surface area contributed by atoms with E-state index in [-0.39, 0.29) is 0 Å². The summed E-state index contributed by atoms with van der Waals surface area (Å²) in [6, 6.07) is 0. The smallest absolute Gasteiger partial charge is 0.233 e. The number of amides is 1. The molecule has 1 rings (SSSR count). The fourth-order valence-electron chi connectivity index (χ4n) is 1.76. The molecule has 1 heterocycles. The normalized spacial score (nSPS) is 22.1. The average Bonchev–Trinajstić information content (AvgIpc) is 2.19. The van der Waals surface area contributed by atoms with Gasteiger partial charge >= 0.3 is 0 Å². The van der Waals surface area contributed by atoms with E-state index in [0.717, 1.165) is 25.8 Å². The van der Waals surface area contributed by atoms with Crippen molar-refractivity contribution in [1.29, 1.82) is 0 Å². The molecule has 0 aliphatic carbocycles. The number of nitrogens with zero attached hydrogens (tertiary/aromatic N) is 1. The van der Waals surface area contributed by atoms with E-state index in [1.165, 1.54) is 43.6 Å². The third-order valence-electron chi connectivity index (χ3n) is 2.65. The first-order valence-corrected chi connectivity index (χ1v) is 5.78. The first-order valence-electron chi connectivity index (χ1n) is 5.78. The second-order valence-corrected chi connectivity index (χ2v) is 3.91. The Balaban J connectivity index is 2.20. The van der Waals surface area contributed by atoms with Crippen LogP contribution in [0.5, 0.6) is 0 Å². The highest BCUT2D eigenvalue weighted by molar-refractivity contribution is 5.44. The topological polar surface area (TPSA) is 29.5 Å². The van der Waals surface area contributed by atoms with Crippen LogP contribution in [0, 0.1) is 0 Å². The molecule has 0 N–H and O–H groups in total. The molecule has 3 heteroatoms. The summed E-state index contributed by atoms with van der Waals surface area (Å²) >= 11 is 0. The van der Waals surface area contributed by atoms with Gasteiger partial charge in [0.05, 0.1) is 6.61 Å². The summed E-state index contributed by atoms with van der Waals surface area (Å²) in [5.41, 5.74) is 0. The highest BCUT2D eigenvalue weighted by Crippen LogP contribution is 2.10. The van der Waals surface area contributed by atoms with E-state index in [1.54, 1.807) is 0 Å². The Bertz CT molecular complexity index is 138. The Hall–Kier alpha value is -0.570. The van der Waals surface area contributed by atoms with E-state index >= 15 is 0 Å². The van der Waals surface area contributed by atoms with Crippen LogP contribution in [-0.4, -0.2) is 24.6 Å². The maximum atomic E-state index is 10.6. The zero-order valence-electron chi connectivity index (χ0n) is 8.91. The van der Waals surface area contributed by atoms with Crippen LogP contribution in [0.2, 0.25) is 0 Å². The van der Waals surface area contributed by atoms with Gasteiger partial charge < -0.3 is 0 Å². The molecule has 0 atom stereocenters. The van der Waals surface area contributed by atoms with Gasteiger partial charge in [0.15, 0.2) is 0 Å². The van der Waals surface area contributed by atoms with Crippen LogP contribution in [0.3, 0.4) is 0 Å². The van der Waals surface area contributed by atoms with Crippen LogP contribution < -0.4 is 0 Å². The molecule has 0 radical (unpaired) electrons. The van der Waals surface area contributed by atoms with E-state index < -0.39 is 0 Å². The van der Waals surface area contributed by atoms with Gasteiger partial charge in [-0.05, 0) is 12.8 Å². The molecule has 1 aliphatic heterocycles. The molecule has 0 bridgehead atoms. The van der Waals surface area contributed by atoms with Crippen molar-refractivity contribution in [2.24, 2.45) is 0 Å². The minimum absolute atomic E-state index is 0.693. The molecular weight excluding hydrogens is 178 g/mol. The molecule has 1 saturated heterocycles. The van der Waals surface area contributed by atoms with E-state index in [0.29, 0.717) is 6.61 Å². The third-order valence-corrected chi connectivity index (χ3v) is 2.65. The van der Waals surface area contributed by atoms with Crippen LogP contribution in [0.15, 0.2) is 0 Å². The van der Waals surface area contributed by atoms with Gasteiger partial charge in [-0.2, -0.15) is 0 Å². The molecule has 1 amide bonds. The Morgan fingerprint density at radius 2 is 1.43 bits per heavy atom. The van der Waals surface area contributed by atoms with Crippen molar-refractivity contribution in [1.82, 2.24) is 5.06 Å². The number of carbonyl (C=O) groups is 1. The minimum Gasteiger partial charge on any atom is -0.276 e. The molecule has 0 unspecified atom stereocenters. The van der Waals surface area contributed by atoms with Gasteiger partial charge in [0.2, 0.25) is 6.41 Å². The average molecular weight is 199 g/mol. The Morgan fingerprint density at radius 3 is 2.07 bits per heavy atom. The maximum absolute atomic E-state index is 10.6. The van der Waals surface area contributed by atoms with E-state index in [1.807, 2.05) is 0 Å². The second kappa shape index (κ2) is 7.80. The Kier molecular flexibility index (Phi) is 6.41. The lowest BCUT2D eigenvalue weighted by atomic mass is 10.1. The van der Waals surface area contributed by atoms with Gasteiger partial charge in [-0.1, -0.05) is 38.5 Å². The van der Waals surface area contributed by atoms with Crippen molar-refractivity contribution in [2.45, 2.75) is 51.4 Å². The van der Waals surface area contributed by atoms with Crippen LogP contribution in [0.4, 0.5) is 0 Å². The second-order valence-electron chi connectivity index (χ2n) is 3.91. The summed E-state index contributed by atoms with van der Waals surface area (Å²) < 4.78 is 0. The molecule has 0 aromatic carbocycles. The van der Waals surface area contributed by atoms with Crippen molar-refractivity contribution in [2.75, 3.05) is 13.2 Å². The number of hydrogen-bond acceptors (Lipinski definition) is 2. The first kappa shape index (κ1) is 11.5. The van der Waals surface area contributed by atoms with E-state index in [9.17, 15) is 4.79 Å². The molecule has 0 aromatic heterocycles. The lowest BCUT2D eigenvalue weighted by Gasteiger charge is -2.17. The lowest BCUT2D eigenvalue weighted by molar-refractivity contribution is -0.173. The monoisotopic (exact) mass is 199 g/mol. The summed E-state index contributed by atoms with van der Waals surface area (Å²) in [6.45, 7) is 1.45. The molecule has 82 valence electrons. The molecular formula is C11H21NO2. The lowest BCUT2D eigenvalue weighted by Crippen LogP contribution is -2.24. The largest absolute Gasteiger partial charge is 0.276 e. The molecule has 14 heavy (non-hydrogen) atoms. The van der Waals surface area contributed by atoms with Gasteiger partial charge in [-0.15, -0.1) is 0 Å². The SMILES string of the molecule is O=CN1CCCCCCCCCCO1. The van der Waals surface area contributed by atoms with Crippen molar-refractivity contribution in [3.63, 3.8) is 0 Å². The maximum Gasteiger partial charge on any atom is 0.233 e. The number of rotatable bonds is 1.